The third-order valence-corrected chi connectivity index (χ3v) is 7.33. The molecule has 0 saturated heterocycles. The number of hydrogen-bond acceptors (Lipinski definition) is 7. The van der Waals surface area contributed by atoms with Gasteiger partial charge in [-0.25, -0.2) is 4.98 Å². The van der Waals surface area contributed by atoms with Crippen LogP contribution in [0.25, 0.3) is 21.3 Å². The Balaban J connectivity index is 1.49. The van der Waals surface area contributed by atoms with Gasteiger partial charge >= 0.3 is 5.97 Å². The van der Waals surface area contributed by atoms with Crippen LogP contribution in [0.4, 0.5) is 5.69 Å². The van der Waals surface area contributed by atoms with Crippen LogP contribution in [-0.2, 0) is 16.1 Å². The van der Waals surface area contributed by atoms with Crippen LogP contribution in [0.3, 0.4) is 0 Å². The fraction of sp³-hybridized carbons (Fsp3) is 0.458. The molecule has 0 atom stereocenters. The van der Waals surface area contributed by atoms with Crippen LogP contribution in [0.15, 0.2) is 40.8 Å². The molecule has 0 bridgehead atoms. The highest BCUT2D eigenvalue weighted by Crippen LogP contribution is 2.38. The number of esters is 1. The van der Waals surface area contributed by atoms with E-state index in [0.717, 1.165) is 25.7 Å². The highest BCUT2D eigenvalue weighted by Gasteiger charge is 2.31. The molecule has 0 radical (unpaired) electrons. The minimum atomic E-state index is -0.467. The fourth-order valence-electron chi connectivity index (χ4n) is 4.46. The second-order valence-corrected chi connectivity index (χ2v) is 10.5. The van der Waals surface area contributed by atoms with E-state index in [9.17, 15) is 19.7 Å². The first-order chi connectivity index (χ1) is 15.6. The third-order valence-electron chi connectivity index (χ3n) is 6.45. The summed E-state index contributed by atoms with van der Waals surface area (Å²) in [7, 11) is 0. The van der Waals surface area contributed by atoms with Gasteiger partial charge in [0.2, 0.25) is 0 Å². The lowest BCUT2D eigenvalue weighted by Crippen LogP contribution is -2.32. The summed E-state index contributed by atoms with van der Waals surface area (Å²) < 4.78 is 6.94. The number of non-ortho nitro benzene ring substituents is 1. The molecule has 1 saturated carbocycles. The van der Waals surface area contributed by atoms with E-state index in [0.29, 0.717) is 27.3 Å². The summed E-state index contributed by atoms with van der Waals surface area (Å²) in [6.45, 7) is 6.54. The molecule has 4 rings (SSSR count). The topological polar surface area (TPSA) is 104 Å². The lowest BCUT2D eigenvalue weighted by molar-refractivity contribution is -0.384. The zero-order valence-corrected chi connectivity index (χ0v) is 19.8. The highest BCUT2D eigenvalue weighted by atomic mass is 32.1. The third kappa shape index (κ3) is 4.98. The summed E-state index contributed by atoms with van der Waals surface area (Å²) in [6.07, 6.45) is 5.01. The summed E-state index contributed by atoms with van der Waals surface area (Å²) in [4.78, 5) is 41.1. The molecule has 1 fully saturated rings. The molecule has 0 amide bonds. The molecule has 174 valence electrons. The van der Waals surface area contributed by atoms with Gasteiger partial charge in [-0.2, -0.15) is 0 Å². The Hall–Kier alpha value is -3.07. The van der Waals surface area contributed by atoms with Gasteiger partial charge in [-0.05, 0) is 54.7 Å². The van der Waals surface area contributed by atoms with Crippen molar-refractivity contribution in [3.63, 3.8) is 0 Å². The van der Waals surface area contributed by atoms with E-state index in [-0.39, 0.29) is 29.3 Å². The maximum absolute atomic E-state index is 13.2. The van der Waals surface area contributed by atoms with E-state index >= 15 is 0 Å². The van der Waals surface area contributed by atoms with E-state index in [1.807, 2.05) is 0 Å². The number of rotatable bonds is 5. The van der Waals surface area contributed by atoms with Crippen molar-refractivity contribution in [1.29, 1.82) is 0 Å². The molecule has 2 heterocycles. The second kappa shape index (κ2) is 9.05. The van der Waals surface area contributed by atoms with Gasteiger partial charge in [0.15, 0.2) is 0 Å². The first kappa shape index (κ1) is 23.1. The van der Waals surface area contributed by atoms with Gasteiger partial charge in [0.05, 0.1) is 16.6 Å². The first-order valence-corrected chi connectivity index (χ1v) is 11.9. The van der Waals surface area contributed by atoms with Crippen LogP contribution in [0.5, 0.6) is 0 Å². The minimum Gasteiger partial charge on any atom is -0.461 e. The predicted octanol–water partition coefficient (Wildman–Crippen LogP) is 5.18. The number of carbonyl (C=O) groups excluding carboxylic acids is 1. The molecule has 1 aliphatic carbocycles. The van der Waals surface area contributed by atoms with Crippen molar-refractivity contribution in [3.8, 4) is 11.1 Å². The van der Waals surface area contributed by atoms with Gasteiger partial charge < -0.3 is 4.74 Å². The summed E-state index contributed by atoms with van der Waals surface area (Å²) in [5.74, 6) is 0.183. The van der Waals surface area contributed by atoms with Gasteiger partial charge in [-0.1, -0.05) is 20.8 Å². The number of nitro groups is 1. The monoisotopic (exact) mass is 469 g/mol. The lowest BCUT2D eigenvalue weighted by atomic mass is 9.72. The summed E-state index contributed by atoms with van der Waals surface area (Å²) >= 11 is 1.32. The largest absolute Gasteiger partial charge is 0.461 e. The molecule has 0 spiro atoms. The van der Waals surface area contributed by atoms with Crippen LogP contribution in [-0.4, -0.2) is 26.5 Å². The molecule has 8 nitrogen and oxygen atoms in total. The maximum atomic E-state index is 13.2. The standard InChI is InChI=1S/C24H27N3O5S/c1-24(2,3)16-6-10-18(11-7-16)32-20(28)12-26-14-25-22-21(23(26)29)19(13-33-22)15-4-8-17(9-5-15)27(30)31/h4-5,8-9,13-14,16,18H,6-7,10-12H2,1-3H3. The predicted molar refractivity (Wildman–Crippen MR) is 127 cm³/mol. The molecular formula is C24H27N3O5S. The summed E-state index contributed by atoms with van der Waals surface area (Å²) in [5.41, 5.74) is 1.23. The molecular weight excluding hydrogens is 442 g/mol. The average Bonchev–Trinajstić information content (AvgIpc) is 3.20. The molecule has 1 aromatic carbocycles. The normalized spacial score (nSPS) is 18.9. The number of nitro benzene ring substituents is 1. The van der Waals surface area contributed by atoms with Crippen molar-refractivity contribution < 1.29 is 14.5 Å². The minimum absolute atomic E-state index is 0.0203. The zero-order valence-electron chi connectivity index (χ0n) is 18.9. The van der Waals surface area contributed by atoms with Crippen LogP contribution < -0.4 is 5.56 Å². The van der Waals surface area contributed by atoms with Crippen molar-refractivity contribution >= 4 is 33.2 Å². The summed E-state index contributed by atoms with van der Waals surface area (Å²) in [6, 6.07) is 6.02. The van der Waals surface area contributed by atoms with E-state index in [2.05, 4.69) is 25.8 Å². The van der Waals surface area contributed by atoms with E-state index < -0.39 is 10.9 Å². The molecule has 0 unspecified atom stereocenters. The molecule has 0 aliphatic heterocycles. The Kier molecular flexibility index (Phi) is 6.34. The number of ether oxygens (including phenoxy) is 1. The van der Waals surface area contributed by atoms with Gasteiger partial charge in [0.25, 0.3) is 11.2 Å². The van der Waals surface area contributed by atoms with Crippen molar-refractivity contribution in [2.24, 2.45) is 11.3 Å². The molecule has 2 aromatic heterocycles. The fourth-order valence-corrected chi connectivity index (χ4v) is 5.37. The maximum Gasteiger partial charge on any atom is 0.326 e. The average molecular weight is 470 g/mol. The van der Waals surface area contributed by atoms with E-state index in [1.165, 1.54) is 34.4 Å². The number of carbonyl (C=O) groups is 1. The number of hydrogen-bond donors (Lipinski definition) is 0. The Morgan fingerprint density at radius 2 is 1.88 bits per heavy atom. The van der Waals surface area contributed by atoms with Crippen molar-refractivity contribution in [2.45, 2.75) is 59.1 Å². The summed E-state index contributed by atoms with van der Waals surface area (Å²) in [5, 5.41) is 13.1. The van der Waals surface area contributed by atoms with E-state index in [4.69, 9.17) is 4.74 Å². The van der Waals surface area contributed by atoms with Crippen molar-refractivity contribution in [1.82, 2.24) is 9.55 Å². The Bertz CT molecular complexity index is 1230. The van der Waals surface area contributed by atoms with Gasteiger partial charge in [-0.3, -0.25) is 24.3 Å². The van der Waals surface area contributed by atoms with Crippen molar-refractivity contribution in [3.05, 3.63) is 56.4 Å². The molecule has 3 aromatic rings. The lowest BCUT2D eigenvalue weighted by Gasteiger charge is -2.36. The quantitative estimate of drug-likeness (QED) is 0.290. The molecule has 33 heavy (non-hydrogen) atoms. The Morgan fingerprint density at radius 1 is 1.21 bits per heavy atom. The second-order valence-electron chi connectivity index (χ2n) is 9.64. The molecule has 0 N–H and O–H groups in total. The number of aromatic nitrogens is 2. The Morgan fingerprint density at radius 3 is 2.48 bits per heavy atom. The molecule has 1 aliphatic rings. The van der Waals surface area contributed by atoms with Gasteiger partial charge in [0, 0.05) is 23.1 Å². The zero-order chi connectivity index (χ0) is 23.8. The number of benzene rings is 1. The van der Waals surface area contributed by atoms with Crippen LogP contribution in [0, 0.1) is 21.4 Å². The van der Waals surface area contributed by atoms with Crippen LogP contribution in [0.2, 0.25) is 0 Å². The number of fused-ring (bicyclic) bond motifs is 1. The van der Waals surface area contributed by atoms with Crippen LogP contribution >= 0.6 is 11.3 Å². The molecule has 9 heteroatoms. The highest BCUT2D eigenvalue weighted by molar-refractivity contribution is 7.17. The van der Waals surface area contributed by atoms with Crippen molar-refractivity contribution in [2.75, 3.05) is 0 Å². The smallest absolute Gasteiger partial charge is 0.326 e. The number of thiophene rings is 1. The van der Waals surface area contributed by atoms with Gasteiger partial charge in [-0.15, -0.1) is 11.3 Å². The first-order valence-electron chi connectivity index (χ1n) is 11.0. The Labute approximate surface area is 195 Å². The van der Waals surface area contributed by atoms with E-state index in [1.54, 1.807) is 17.5 Å². The SMILES string of the molecule is CC(C)(C)C1CCC(OC(=O)Cn2cnc3scc(-c4ccc([N+](=O)[O-])cc4)c3c2=O)CC1. The van der Waals surface area contributed by atoms with Gasteiger partial charge in [0.1, 0.15) is 17.5 Å². The number of nitrogens with zero attached hydrogens (tertiary/aromatic N) is 3. The van der Waals surface area contributed by atoms with Crippen LogP contribution in [0.1, 0.15) is 46.5 Å².